The van der Waals surface area contributed by atoms with Crippen molar-refractivity contribution in [3.63, 3.8) is 0 Å². The van der Waals surface area contributed by atoms with Crippen LogP contribution in [0, 0.1) is 5.92 Å². The maximum absolute atomic E-state index is 10.9. The minimum absolute atomic E-state index is 0.118. The van der Waals surface area contributed by atoms with Gasteiger partial charge in [0.1, 0.15) is 17.1 Å². The molecule has 0 spiro atoms. The van der Waals surface area contributed by atoms with Crippen molar-refractivity contribution in [1.29, 1.82) is 0 Å². The monoisotopic (exact) mass is 266 g/mol. The van der Waals surface area contributed by atoms with E-state index in [1.54, 1.807) is 0 Å². The summed E-state index contributed by atoms with van der Waals surface area (Å²) in [5.74, 6) is -0.885. The molecule has 0 aromatic heterocycles. The first-order valence-corrected chi connectivity index (χ1v) is 6.70. The molecule has 0 bridgehead atoms. The van der Waals surface area contributed by atoms with Gasteiger partial charge >= 0.3 is 5.97 Å². The molecule has 1 aromatic carbocycles. The highest BCUT2D eigenvalue weighted by molar-refractivity contribution is 5.91. The van der Waals surface area contributed by atoms with Crippen LogP contribution in [0.1, 0.15) is 55.5 Å². The molecule has 1 aromatic rings. The van der Waals surface area contributed by atoms with Crippen LogP contribution in [0.4, 0.5) is 0 Å². The lowest BCUT2D eigenvalue weighted by Gasteiger charge is -2.09. The second-order valence-electron chi connectivity index (χ2n) is 5.30. The van der Waals surface area contributed by atoms with Crippen LogP contribution in [0.5, 0.6) is 11.5 Å². The molecule has 106 valence electrons. The molecule has 0 amide bonds. The Hall–Kier alpha value is -1.71. The normalized spacial score (nSPS) is 10.9. The van der Waals surface area contributed by atoms with Gasteiger partial charge in [0.15, 0.2) is 0 Å². The summed E-state index contributed by atoms with van der Waals surface area (Å²) in [6.07, 6.45) is 4.80. The van der Waals surface area contributed by atoms with Crippen molar-refractivity contribution in [1.82, 2.24) is 0 Å². The van der Waals surface area contributed by atoms with Crippen molar-refractivity contribution in [3.05, 3.63) is 23.3 Å². The number of hydrogen-bond donors (Lipinski definition) is 3. The minimum Gasteiger partial charge on any atom is -0.508 e. The SMILES string of the molecule is CC(C)CCCCCc1cc(O)cc(C(=O)O)c1O. The van der Waals surface area contributed by atoms with E-state index in [0.29, 0.717) is 17.9 Å². The number of benzene rings is 1. The summed E-state index contributed by atoms with van der Waals surface area (Å²) in [4.78, 5) is 10.9. The molecule has 0 radical (unpaired) electrons. The first-order chi connectivity index (χ1) is 8.91. The van der Waals surface area contributed by atoms with Gasteiger partial charge in [-0.15, -0.1) is 0 Å². The predicted molar refractivity (Wildman–Crippen MR) is 73.7 cm³/mol. The number of phenols is 2. The highest BCUT2D eigenvalue weighted by Crippen LogP contribution is 2.29. The molecule has 0 unspecified atom stereocenters. The number of aromatic hydroxyl groups is 2. The largest absolute Gasteiger partial charge is 0.508 e. The fraction of sp³-hybridized carbons (Fsp3) is 0.533. The summed E-state index contributed by atoms with van der Waals surface area (Å²) in [5, 5.41) is 28.2. The Balaban J connectivity index is 2.61. The lowest BCUT2D eigenvalue weighted by atomic mass is 10.00. The predicted octanol–water partition coefficient (Wildman–Crippen LogP) is 3.55. The summed E-state index contributed by atoms with van der Waals surface area (Å²) in [5.41, 5.74) is 0.263. The summed E-state index contributed by atoms with van der Waals surface area (Å²) >= 11 is 0. The van der Waals surface area contributed by atoms with Crippen molar-refractivity contribution in [2.45, 2.75) is 46.0 Å². The van der Waals surface area contributed by atoms with E-state index in [1.807, 2.05) is 0 Å². The fourth-order valence-electron chi connectivity index (χ4n) is 2.08. The average Bonchev–Trinajstić information content (AvgIpc) is 2.31. The van der Waals surface area contributed by atoms with E-state index in [-0.39, 0.29) is 17.1 Å². The van der Waals surface area contributed by atoms with Crippen LogP contribution in [-0.2, 0) is 6.42 Å². The number of hydrogen-bond acceptors (Lipinski definition) is 3. The molecule has 4 nitrogen and oxygen atoms in total. The molecule has 0 atom stereocenters. The molecular weight excluding hydrogens is 244 g/mol. The molecule has 1 rings (SSSR count). The van der Waals surface area contributed by atoms with Crippen molar-refractivity contribution < 1.29 is 20.1 Å². The van der Waals surface area contributed by atoms with E-state index in [2.05, 4.69) is 13.8 Å². The highest BCUT2D eigenvalue weighted by atomic mass is 16.4. The van der Waals surface area contributed by atoms with Gasteiger partial charge in [0.25, 0.3) is 0 Å². The molecule has 0 aliphatic heterocycles. The third-order valence-corrected chi connectivity index (χ3v) is 3.13. The van der Waals surface area contributed by atoms with E-state index in [0.717, 1.165) is 25.3 Å². The molecule has 4 heteroatoms. The zero-order valence-corrected chi connectivity index (χ0v) is 11.5. The van der Waals surface area contributed by atoms with E-state index in [4.69, 9.17) is 5.11 Å². The third kappa shape index (κ3) is 4.81. The van der Waals surface area contributed by atoms with E-state index in [1.165, 1.54) is 12.5 Å². The second-order valence-corrected chi connectivity index (χ2v) is 5.30. The number of aromatic carboxylic acids is 1. The topological polar surface area (TPSA) is 77.8 Å². The fourth-order valence-corrected chi connectivity index (χ4v) is 2.08. The Morgan fingerprint density at radius 3 is 2.42 bits per heavy atom. The molecule has 0 saturated heterocycles. The number of rotatable bonds is 7. The summed E-state index contributed by atoms with van der Waals surface area (Å²) in [6, 6.07) is 2.50. The van der Waals surface area contributed by atoms with Gasteiger partial charge in [-0.05, 0) is 36.5 Å². The van der Waals surface area contributed by atoms with E-state index < -0.39 is 5.97 Å². The quantitative estimate of drug-likeness (QED) is 0.521. The summed E-state index contributed by atoms with van der Waals surface area (Å²) in [6.45, 7) is 4.36. The zero-order chi connectivity index (χ0) is 14.4. The van der Waals surface area contributed by atoms with Crippen LogP contribution >= 0.6 is 0 Å². The van der Waals surface area contributed by atoms with Crippen LogP contribution in [0.15, 0.2) is 12.1 Å². The Kier molecular flexibility index (Phi) is 5.67. The maximum Gasteiger partial charge on any atom is 0.339 e. The van der Waals surface area contributed by atoms with Crippen LogP contribution in [0.2, 0.25) is 0 Å². The number of carboxylic acid groups (broad SMARTS) is 1. The van der Waals surface area contributed by atoms with Gasteiger partial charge in [-0.3, -0.25) is 0 Å². The van der Waals surface area contributed by atoms with Gasteiger partial charge in [0.05, 0.1) is 0 Å². The summed E-state index contributed by atoms with van der Waals surface area (Å²) in [7, 11) is 0. The second kappa shape index (κ2) is 7.02. The molecule has 0 fully saturated rings. The molecule has 3 N–H and O–H groups in total. The first kappa shape index (κ1) is 15.3. The maximum atomic E-state index is 10.9. The van der Waals surface area contributed by atoms with Crippen LogP contribution in [0.3, 0.4) is 0 Å². The first-order valence-electron chi connectivity index (χ1n) is 6.70. The van der Waals surface area contributed by atoms with Crippen molar-refractivity contribution in [2.24, 2.45) is 5.92 Å². The van der Waals surface area contributed by atoms with Gasteiger partial charge in [0, 0.05) is 0 Å². The van der Waals surface area contributed by atoms with Crippen molar-refractivity contribution >= 4 is 5.97 Å². The van der Waals surface area contributed by atoms with Gasteiger partial charge in [-0.1, -0.05) is 33.1 Å². The Morgan fingerprint density at radius 2 is 1.84 bits per heavy atom. The Bertz CT molecular complexity index is 438. The molecular formula is C15H22O4. The van der Waals surface area contributed by atoms with E-state index in [9.17, 15) is 15.0 Å². The van der Waals surface area contributed by atoms with E-state index >= 15 is 0 Å². The molecule has 0 saturated carbocycles. The Labute approximate surface area is 113 Å². The minimum atomic E-state index is -1.23. The lowest BCUT2D eigenvalue weighted by molar-refractivity contribution is 0.0693. The number of phenolic OH excluding ortho intramolecular Hbond substituents is 1. The molecule has 0 heterocycles. The standard InChI is InChI=1S/C15H22O4/c1-10(2)6-4-3-5-7-11-8-12(16)9-13(14(11)17)15(18)19/h8-10,16-17H,3-7H2,1-2H3,(H,18,19). The summed E-state index contributed by atoms with van der Waals surface area (Å²) < 4.78 is 0. The smallest absolute Gasteiger partial charge is 0.339 e. The van der Waals surface area contributed by atoms with Crippen LogP contribution in [0.25, 0.3) is 0 Å². The lowest BCUT2D eigenvalue weighted by Crippen LogP contribution is -1.99. The van der Waals surface area contributed by atoms with Gasteiger partial charge in [-0.25, -0.2) is 4.79 Å². The highest BCUT2D eigenvalue weighted by Gasteiger charge is 2.15. The number of carboxylic acids is 1. The van der Waals surface area contributed by atoms with Crippen molar-refractivity contribution in [2.75, 3.05) is 0 Å². The van der Waals surface area contributed by atoms with Gasteiger partial charge in [-0.2, -0.15) is 0 Å². The third-order valence-electron chi connectivity index (χ3n) is 3.13. The average molecular weight is 266 g/mol. The van der Waals surface area contributed by atoms with Crippen LogP contribution in [-0.4, -0.2) is 21.3 Å². The molecule has 0 aliphatic rings. The van der Waals surface area contributed by atoms with Gasteiger partial charge < -0.3 is 15.3 Å². The molecule has 19 heavy (non-hydrogen) atoms. The number of aryl methyl sites for hydroxylation is 1. The number of unbranched alkanes of at least 4 members (excludes halogenated alkanes) is 2. The van der Waals surface area contributed by atoms with Gasteiger partial charge in [0.2, 0.25) is 0 Å². The Morgan fingerprint density at radius 1 is 1.16 bits per heavy atom. The number of carbonyl (C=O) groups is 1. The van der Waals surface area contributed by atoms with Crippen LogP contribution < -0.4 is 0 Å². The molecule has 0 aliphatic carbocycles. The zero-order valence-electron chi connectivity index (χ0n) is 11.5. The van der Waals surface area contributed by atoms with Crippen molar-refractivity contribution in [3.8, 4) is 11.5 Å².